The normalized spacial score (nSPS) is 43.0. The van der Waals surface area contributed by atoms with Crippen molar-refractivity contribution in [1.29, 1.82) is 0 Å². The molecule has 1 saturated carbocycles. The zero-order valence-electron chi connectivity index (χ0n) is 12.8. The summed E-state index contributed by atoms with van der Waals surface area (Å²) < 4.78 is 31.7. The fourth-order valence-electron chi connectivity index (χ4n) is 4.70. The van der Waals surface area contributed by atoms with Crippen LogP contribution in [0.2, 0.25) is 0 Å². The first-order valence-corrected chi connectivity index (χ1v) is 9.47. The summed E-state index contributed by atoms with van der Waals surface area (Å²) in [4.78, 5) is 0. The lowest BCUT2D eigenvalue weighted by atomic mass is 9.52. The topological polar surface area (TPSA) is 43.4 Å². The van der Waals surface area contributed by atoms with Gasteiger partial charge < -0.3 is 4.74 Å². The first kappa shape index (κ1) is 14.6. The van der Waals surface area contributed by atoms with Gasteiger partial charge in [-0.3, -0.25) is 0 Å². The molecule has 0 amide bonds. The maximum absolute atomic E-state index is 12.8. The minimum absolute atomic E-state index is 0.0608. The van der Waals surface area contributed by atoms with E-state index in [1.807, 2.05) is 20.8 Å². The summed E-state index contributed by atoms with van der Waals surface area (Å²) in [6.45, 7) is 5.88. The van der Waals surface area contributed by atoms with Crippen LogP contribution in [0.1, 0.15) is 59.3 Å². The van der Waals surface area contributed by atoms with Crippen LogP contribution in [-0.2, 0) is 14.6 Å². The third-order valence-corrected chi connectivity index (χ3v) is 7.61. The molecule has 0 aromatic heterocycles. The Hall–Kier alpha value is -0.350. The Bertz CT molecular complexity index is 528. The zero-order chi connectivity index (χ0) is 14.6. The highest BCUT2D eigenvalue weighted by Crippen LogP contribution is 2.65. The van der Waals surface area contributed by atoms with Crippen molar-refractivity contribution in [3.05, 3.63) is 12.2 Å². The van der Waals surface area contributed by atoms with Crippen molar-refractivity contribution in [3.63, 3.8) is 0 Å². The molecule has 20 heavy (non-hydrogen) atoms. The van der Waals surface area contributed by atoms with Crippen molar-refractivity contribution < 1.29 is 13.2 Å². The van der Waals surface area contributed by atoms with Gasteiger partial charge in [0.25, 0.3) is 0 Å². The third-order valence-electron chi connectivity index (χ3n) is 5.46. The molecule has 0 bridgehead atoms. The van der Waals surface area contributed by atoms with Crippen molar-refractivity contribution in [2.24, 2.45) is 10.8 Å². The molecule has 2 aliphatic carbocycles. The minimum atomic E-state index is -3.17. The van der Waals surface area contributed by atoms with Crippen LogP contribution >= 0.6 is 0 Å². The van der Waals surface area contributed by atoms with Gasteiger partial charge in [0.15, 0.2) is 15.3 Å². The van der Waals surface area contributed by atoms with E-state index >= 15 is 0 Å². The number of ether oxygens (including phenoxy) is 1. The molecule has 3 aliphatic rings. The average Bonchev–Trinajstić information content (AvgIpc) is 2.53. The fraction of sp³-hybridized carbons (Fsp3) is 0.875. The Morgan fingerprint density at radius 1 is 1.10 bits per heavy atom. The van der Waals surface area contributed by atoms with Crippen LogP contribution in [0, 0.1) is 10.8 Å². The van der Waals surface area contributed by atoms with E-state index < -0.39 is 20.9 Å². The minimum Gasteiger partial charge on any atom is -0.356 e. The van der Waals surface area contributed by atoms with Crippen LogP contribution in [0.25, 0.3) is 0 Å². The lowest BCUT2D eigenvalue weighted by molar-refractivity contribution is -0.124. The van der Waals surface area contributed by atoms with Crippen LogP contribution < -0.4 is 0 Å². The summed E-state index contributed by atoms with van der Waals surface area (Å²) in [5.41, 5.74) is -1.26. The van der Waals surface area contributed by atoms with E-state index in [-0.39, 0.29) is 10.8 Å². The van der Waals surface area contributed by atoms with Crippen molar-refractivity contribution >= 4 is 9.84 Å². The molecule has 0 aromatic carbocycles. The van der Waals surface area contributed by atoms with Gasteiger partial charge in [-0.2, -0.15) is 0 Å². The number of hydrogen-bond donors (Lipinski definition) is 0. The molecule has 1 heterocycles. The van der Waals surface area contributed by atoms with Gasteiger partial charge in [-0.05, 0) is 51.9 Å². The van der Waals surface area contributed by atoms with Crippen molar-refractivity contribution in [1.82, 2.24) is 0 Å². The van der Waals surface area contributed by atoms with Crippen LogP contribution in [0.15, 0.2) is 12.2 Å². The molecule has 4 heteroatoms. The van der Waals surface area contributed by atoms with E-state index in [9.17, 15) is 8.42 Å². The Morgan fingerprint density at radius 2 is 1.75 bits per heavy atom. The van der Waals surface area contributed by atoms with Gasteiger partial charge in [0.1, 0.15) is 0 Å². The van der Waals surface area contributed by atoms with Gasteiger partial charge in [-0.15, -0.1) is 0 Å². The maximum Gasteiger partial charge on any atom is 0.178 e. The van der Waals surface area contributed by atoms with Crippen LogP contribution in [0.5, 0.6) is 0 Å². The number of hydrogen-bond acceptors (Lipinski definition) is 3. The number of rotatable bonds is 1. The van der Waals surface area contributed by atoms with E-state index in [1.165, 1.54) is 0 Å². The molecular formula is C16H26O3S. The lowest BCUT2D eigenvalue weighted by Gasteiger charge is -2.52. The van der Waals surface area contributed by atoms with E-state index in [0.29, 0.717) is 5.75 Å². The number of allylic oxidation sites excluding steroid dienone is 2. The molecule has 1 saturated heterocycles. The molecule has 114 valence electrons. The van der Waals surface area contributed by atoms with Crippen LogP contribution in [0.3, 0.4) is 0 Å². The van der Waals surface area contributed by atoms with Gasteiger partial charge in [0.2, 0.25) is 0 Å². The summed E-state index contributed by atoms with van der Waals surface area (Å²) in [6.07, 6.45) is 10.5. The Balaban J connectivity index is 2.10. The van der Waals surface area contributed by atoms with Gasteiger partial charge in [-0.25, -0.2) is 8.42 Å². The van der Waals surface area contributed by atoms with Gasteiger partial charge in [-0.1, -0.05) is 25.0 Å². The van der Waals surface area contributed by atoms with Crippen molar-refractivity contribution in [2.45, 2.75) is 70.3 Å². The predicted molar refractivity (Wildman–Crippen MR) is 80.1 cm³/mol. The highest BCUT2D eigenvalue weighted by Gasteiger charge is 2.67. The Morgan fingerprint density at radius 3 is 2.45 bits per heavy atom. The second-order valence-electron chi connectivity index (χ2n) is 7.89. The second kappa shape index (κ2) is 4.33. The van der Waals surface area contributed by atoms with Gasteiger partial charge in [0.05, 0.1) is 11.4 Å². The first-order chi connectivity index (χ1) is 9.21. The summed E-state index contributed by atoms with van der Waals surface area (Å²) in [5.74, 6) is 0.324. The maximum atomic E-state index is 12.8. The summed E-state index contributed by atoms with van der Waals surface area (Å²) in [6, 6.07) is 0. The predicted octanol–water partition coefficient (Wildman–Crippen LogP) is 3.45. The molecule has 0 radical (unpaired) electrons. The van der Waals surface area contributed by atoms with Gasteiger partial charge in [0, 0.05) is 5.41 Å². The molecule has 2 fully saturated rings. The molecule has 3 atom stereocenters. The molecule has 3 nitrogen and oxygen atoms in total. The van der Waals surface area contributed by atoms with Crippen molar-refractivity contribution in [3.8, 4) is 0 Å². The van der Waals surface area contributed by atoms with E-state index in [0.717, 1.165) is 38.5 Å². The highest BCUT2D eigenvalue weighted by atomic mass is 32.2. The van der Waals surface area contributed by atoms with Crippen LogP contribution in [0.4, 0.5) is 0 Å². The zero-order valence-corrected chi connectivity index (χ0v) is 13.6. The molecule has 3 rings (SSSR count). The molecule has 0 aromatic rings. The standard InChI is InChI=1S/C16H26O3S/c1-14(2,3)19-13-16-10-6-4-8-15(16,9-5-7-11-16)12-20(13,17)18/h4,6,13H,5,7-12H2,1-3H3/t13-,15+,16+/m1/s1. The van der Waals surface area contributed by atoms with Crippen molar-refractivity contribution in [2.75, 3.05) is 5.75 Å². The molecule has 0 unspecified atom stereocenters. The second-order valence-corrected chi connectivity index (χ2v) is 9.94. The quantitative estimate of drug-likeness (QED) is 0.696. The largest absolute Gasteiger partial charge is 0.356 e. The third kappa shape index (κ3) is 1.98. The Labute approximate surface area is 122 Å². The average molecular weight is 298 g/mol. The number of sulfone groups is 1. The van der Waals surface area contributed by atoms with E-state index in [1.54, 1.807) is 0 Å². The molecule has 1 aliphatic heterocycles. The van der Waals surface area contributed by atoms with Gasteiger partial charge >= 0.3 is 0 Å². The summed E-state index contributed by atoms with van der Waals surface area (Å²) in [7, 11) is -3.17. The molecule has 0 spiro atoms. The first-order valence-electron chi connectivity index (χ1n) is 7.75. The molecular weight excluding hydrogens is 272 g/mol. The monoisotopic (exact) mass is 298 g/mol. The Kier molecular flexibility index (Phi) is 3.15. The molecule has 0 N–H and O–H groups in total. The van der Waals surface area contributed by atoms with Crippen LogP contribution in [-0.4, -0.2) is 25.2 Å². The summed E-state index contributed by atoms with van der Waals surface area (Å²) in [5, 5.41) is 0. The SMILES string of the molecule is CC(C)(C)O[C@H]1[C@@]23CC=CC[C@]2(CCCC3)CS1(=O)=O. The fourth-order valence-corrected chi connectivity index (χ4v) is 7.75. The highest BCUT2D eigenvalue weighted by molar-refractivity contribution is 7.92. The van der Waals surface area contributed by atoms with E-state index in [4.69, 9.17) is 4.74 Å². The summed E-state index contributed by atoms with van der Waals surface area (Å²) >= 11 is 0. The lowest BCUT2D eigenvalue weighted by Crippen LogP contribution is -2.50. The smallest absolute Gasteiger partial charge is 0.178 e. The van der Waals surface area contributed by atoms with E-state index in [2.05, 4.69) is 12.2 Å².